The second-order valence-electron chi connectivity index (χ2n) is 22.4. The van der Waals surface area contributed by atoms with Gasteiger partial charge in [0.2, 0.25) is 0 Å². The predicted molar refractivity (Wildman–Crippen MR) is 260 cm³/mol. The molecule has 20 heteroatoms. The zero-order chi connectivity index (χ0) is 54.5. The molecule has 0 radical (unpaired) electrons. The standard InChI is InChI=1S/2C28H32N2O8/c2*1-15(31)36-19-13-18(25(33)35-4)27(2)11-10-17-26(34)37-20(14-28(17,3)23(27)22(19)32)24-29-21(30-38-24)12-16-8-6-5-7-9-16/h2*5-9,17-20,23H,10-14H2,1-4H3/t17-,18+,19+,20+,23+,27+,28+;17-,18-,19-,20-,23-,27-,28-/m10/s1. The molecule has 4 aromatic rings. The van der Waals surface area contributed by atoms with Crippen molar-refractivity contribution in [2.45, 2.75) is 130 Å². The van der Waals surface area contributed by atoms with Gasteiger partial charge in [0.15, 0.2) is 47.6 Å². The first-order valence-corrected chi connectivity index (χ1v) is 25.8. The van der Waals surface area contributed by atoms with Crippen molar-refractivity contribution in [2.24, 2.45) is 57.2 Å². The van der Waals surface area contributed by atoms with E-state index in [4.69, 9.17) is 37.5 Å². The van der Waals surface area contributed by atoms with Crippen LogP contribution in [0.4, 0.5) is 0 Å². The molecule has 20 nitrogen and oxygen atoms in total. The molecule has 404 valence electrons. The summed E-state index contributed by atoms with van der Waals surface area (Å²) in [5, 5.41) is 8.15. The number of hydrogen-bond donors (Lipinski definition) is 0. The van der Waals surface area contributed by atoms with Crippen LogP contribution in [0.3, 0.4) is 0 Å². The lowest BCUT2D eigenvalue weighted by molar-refractivity contribution is -0.213. The van der Waals surface area contributed by atoms with E-state index in [0.29, 0.717) is 50.2 Å². The lowest BCUT2D eigenvalue weighted by atomic mass is 9.43. The maximum absolute atomic E-state index is 13.9. The van der Waals surface area contributed by atoms with E-state index in [9.17, 15) is 38.4 Å². The molecule has 2 aliphatic heterocycles. The molecule has 10 rings (SSSR count). The molecule has 6 fully saturated rings. The van der Waals surface area contributed by atoms with Crippen LogP contribution in [-0.4, -0.2) is 94.1 Å². The molecule has 4 heterocycles. The maximum atomic E-state index is 13.9. The quantitative estimate of drug-likeness (QED) is 0.117. The van der Waals surface area contributed by atoms with E-state index in [1.54, 1.807) is 0 Å². The third-order valence-electron chi connectivity index (χ3n) is 17.7. The molecule has 0 unspecified atom stereocenters. The Morgan fingerprint density at radius 3 is 1.28 bits per heavy atom. The van der Waals surface area contributed by atoms with Crippen molar-refractivity contribution in [3.05, 3.63) is 95.2 Å². The molecule has 4 aliphatic carbocycles. The average molecular weight is 1050 g/mol. The van der Waals surface area contributed by atoms with Crippen LogP contribution in [0.1, 0.15) is 140 Å². The van der Waals surface area contributed by atoms with Gasteiger partial charge < -0.3 is 37.5 Å². The minimum atomic E-state index is -1.09. The molecule has 2 saturated heterocycles. The predicted octanol–water partition coefficient (Wildman–Crippen LogP) is 6.76. The number of rotatable bonds is 10. The SMILES string of the molecule is COC(=O)[C@@H]1C[C@H](OC(C)=O)C(=O)[C@@H]2[C@@]3(C)C[C@@H](c4nc(Cc5ccccc5)no4)OC(=O)[C@H]3CC[C@]21C.COC(=O)[C@@H]1C[C@H](OC(C)=O)C(=O)[C@H]2[C@@]1(C)CC[C@H]1C(=O)O[C@H](c3nc(Cc4ccccc4)no3)C[C@]21C. The number of aromatic nitrogens is 4. The summed E-state index contributed by atoms with van der Waals surface area (Å²) < 4.78 is 43.6. The number of benzene rings is 2. The third-order valence-corrected chi connectivity index (χ3v) is 17.7. The van der Waals surface area contributed by atoms with Gasteiger partial charge in [0.1, 0.15) is 0 Å². The second kappa shape index (κ2) is 20.8. The normalized spacial score (nSPS) is 34.5. The van der Waals surface area contributed by atoms with Crippen molar-refractivity contribution in [2.75, 3.05) is 14.2 Å². The summed E-state index contributed by atoms with van der Waals surface area (Å²) in [6, 6.07) is 19.4. The van der Waals surface area contributed by atoms with Crippen molar-refractivity contribution in [3.63, 3.8) is 0 Å². The summed E-state index contributed by atoms with van der Waals surface area (Å²) in [7, 11) is 2.61. The highest BCUT2D eigenvalue weighted by molar-refractivity contribution is 5.94. The van der Waals surface area contributed by atoms with Gasteiger partial charge in [-0.15, -0.1) is 0 Å². The van der Waals surface area contributed by atoms with E-state index in [1.165, 1.54) is 28.1 Å². The number of Topliss-reactive ketones (excluding diaryl/α,β-unsaturated/α-hetero) is 2. The summed E-state index contributed by atoms with van der Waals surface area (Å²) in [4.78, 5) is 113. The third kappa shape index (κ3) is 9.71. The van der Waals surface area contributed by atoms with E-state index >= 15 is 0 Å². The zero-order valence-electron chi connectivity index (χ0n) is 43.9. The number of ether oxygens (including phenoxy) is 6. The zero-order valence-corrected chi connectivity index (χ0v) is 43.9. The van der Waals surface area contributed by atoms with Gasteiger partial charge in [-0.25, -0.2) is 0 Å². The first-order chi connectivity index (χ1) is 36.1. The molecule has 6 aliphatic rings. The highest BCUT2D eigenvalue weighted by Gasteiger charge is 2.70. The van der Waals surface area contributed by atoms with Crippen molar-refractivity contribution in [1.82, 2.24) is 20.3 Å². The summed E-state index contributed by atoms with van der Waals surface area (Å²) in [5.41, 5.74) is -1.36. The first kappa shape index (κ1) is 53.7. The van der Waals surface area contributed by atoms with Crippen molar-refractivity contribution < 1.29 is 75.8 Å². The minimum absolute atomic E-state index is 0.0548. The Bertz CT molecular complexity index is 2710. The van der Waals surface area contributed by atoms with Gasteiger partial charge in [0.25, 0.3) is 11.8 Å². The maximum Gasteiger partial charge on any atom is 0.310 e. The first-order valence-electron chi connectivity index (χ1n) is 25.8. The van der Waals surface area contributed by atoms with Crippen LogP contribution in [0.15, 0.2) is 69.7 Å². The summed E-state index contributed by atoms with van der Waals surface area (Å²) in [6.45, 7) is 10.0. The molecular weight excluding hydrogens is 985 g/mol. The number of fused-ring (bicyclic) bond motifs is 6. The Balaban J connectivity index is 0.000000186. The Morgan fingerprint density at radius 1 is 0.566 bits per heavy atom. The van der Waals surface area contributed by atoms with Crippen LogP contribution in [0, 0.1) is 57.2 Å². The summed E-state index contributed by atoms with van der Waals surface area (Å²) in [6.07, 6.45) is -0.536. The van der Waals surface area contributed by atoms with Crippen LogP contribution in [0.5, 0.6) is 0 Å². The van der Waals surface area contributed by atoms with E-state index < -0.39 is 117 Å². The summed E-state index contributed by atoms with van der Waals surface area (Å²) in [5.74, 6) is -6.30. The van der Waals surface area contributed by atoms with E-state index in [0.717, 1.165) is 11.1 Å². The van der Waals surface area contributed by atoms with E-state index in [2.05, 4.69) is 20.3 Å². The number of ketones is 2. The lowest BCUT2D eigenvalue weighted by Gasteiger charge is -2.60. The van der Waals surface area contributed by atoms with Gasteiger partial charge in [0, 0.05) is 64.2 Å². The Labute approximate surface area is 439 Å². The van der Waals surface area contributed by atoms with Gasteiger partial charge in [-0.05, 0) is 58.5 Å². The molecular formula is C56H64N4O16. The fourth-order valence-corrected chi connectivity index (χ4v) is 14.4. The van der Waals surface area contributed by atoms with Gasteiger partial charge >= 0.3 is 35.8 Å². The highest BCUT2D eigenvalue weighted by atomic mass is 16.6. The lowest BCUT2D eigenvalue weighted by Crippen LogP contribution is -2.64. The number of cyclic esters (lactones) is 2. The monoisotopic (exact) mass is 1050 g/mol. The molecule has 2 aromatic heterocycles. The molecule has 76 heavy (non-hydrogen) atoms. The van der Waals surface area contributed by atoms with E-state index in [1.807, 2.05) is 88.4 Å². The smallest absolute Gasteiger partial charge is 0.310 e. The van der Waals surface area contributed by atoms with Crippen LogP contribution >= 0.6 is 0 Å². The largest absolute Gasteiger partial charge is 0.469 e. The summed E-state index contributed by atoms with van der Waals surface area (Å²) >= 11 is 0. The number of carbonyl (C=O) groups excluding carboxylic acids is 8. The number of carbonyl (C=O) groups is 8. The van der Waals surface area contributed by atoms with Crippen LogP contribution in [0.2, 0.25) is 0 Å². The molecule has 0 amide bonds. The number of methoxy groups -OCH3 is 2. The fraction of sp³-hybridized carbons (Fsp3) is 0.571. The van der Waals surface area contributed by atoms with Gasteiger partial charge in [-0.2, -0.15) is 9.97 Å². The van der Waals surface area contributed by atoms with Gasteiger partial charge in [-0.3, -0.25) is 38.4 Å². The number of esters is 6. The molecule has 2 aromatic carbocycles. The van der Waals surface area contributed by atoms with Crippen LogP contribution in [0.25, 0.3) is 0 Å². The molecule has 0 spiro atoms. The Hall–Kier alpha value is -7.12. The van der Waals surface area contributed by atoms with Crippen molar-refractivity contribution in [1.29, 1.82) is 0 Å². The molecule has 4 saturated carbocycles. The van der Waals surface area contributed by atoms with E-state index in [-0.39, 0.29) is 49.0 Å². The van der Waals surface area contributed by atoms with Crippen LogP contribution in [-0.2, 0) is 79.6 Å². The Kier molecular flexibility index (Phi) is 14.7. The molecule has 0 bridgehead atoms. The molecule has 0 N–H and O–H groups in total. The Morgan fingerprint density at radius 2 is 0.934 bits per heavy atom. The average Bonchev–Trinajstić information content (AvgIpc) is 4.18. The topological polar surface area (TPSA) is 270 Å². The number of hydrogen-bond acceptors (Lipinski definition) is 20. The fourth-order valence-electron chi connectivity index (χ4n) is 14.4. The van der Waals surface area contributed by atoms with Gasteiger partial charge in [-0.1, -0.05) is 98.7 Å². The second-order valence-corrected chi connectivity index (χ2v) is 22.4. The molecule has 14 atom stereocenters. The van der Waals surface area contributed by atoms with Crippen LogP contribution < -0.4 is 0 Å². The highest BCUT2D eigenvalue weighted by Crippen LogP contribution is 2.67. The van der Waals surface area contributed by atoms with Crippen molar-refractivity contribution >= 4 is 47.4 Å². The number of nitrogens with zero attached hydrogens (tertiary/aromatic N) is 4. The minimum Gasteiger partial charge on any atom is -0.469 e. The van der Waals surface area contributed by atoms with Crippen molar-refractivity contribution in [3.8, 4) is 0 Å². The van der Waals surface area contributed by atoms with Gasteiger partial charge in [0.05, 0.1) is 37.9 Å².